The molecule has 27 heavy (non-hydrogen) atoms. The smallest absolute Gasteiger partial charge is 0.186 e. The Morgan fingerprint density at radius 1 is 1.26 bits per heavy atom. The summed E-state index contributed by atoms with van der Waals surface area (Å²) < 4.78 is 4.87. The van der Waals surface area contributed by atoms with Gasteiger partial charge in [-0.2, -0.15) is 0 Å². The number of carbonyl (C=O) groups is 2. The molecular formula is C21H31NO5. The van der Waals surface area contributed by atoms with E-state index in [1.807, 2.05) is 7.05 Å². The lowest BCUT2D eigenvalue weighted by Gasteiger charge is -2.09. The number of aliphatic hydroxyl groups excluding tert-OH is 1. The maximum absolute atomic E-state index is 11.9. The second-order valence-electron chi connectivity index (χ2n) is 6.78. The average molecular weight is 377 g/mol. The molecule has 3 N–H and O–H groups in total. The fourth-order valence-electron chi connectivity index (χ4n) is 2.79. The first-order valence-electron chi connectivity index (χ1n) is 9.40. The maximum atomic E-state index is 11.9. The van der Waals surface area contributed by atoms with Crippen LogP contribution >= 0.6 is 0 Å². The molecule has 150 valence electrons. The van der Waals surface area contributed by atoms with Crippen LogP contribution in [0.1, 0.15) is 51.0 Å². The Bertz CT molecular complexity index is 627. The summed E-state index contributed by atoms with van der Waals surface area (Å²) in [5.74, 6) is 0.388. The van der Waals surface area contributed by atoms with Crippen LogP contribution < -0.4 is 10.1 Å². The molecule has 1 aromatic rings. The van der Waals surface area contributed by atoms with Gasteiger partial charge in [0.05, 0.1) is 6.42 Å². The first-order valence-corrected chi connectivity index (χ1v) is 9.40. The number of hydrogen-bond donors (Lipinski definition) is 3. The van der Waals surface area contributed by atoms with Gasteiger partial charge >= 0.3 is 0 Å². The number of rotatable bonds is 14. The molecule has 0 fully saturated rings. The second-order valence-corrected chi connectivity index (χ2v) is 6.78. The zero-order valence-electron chi connectivity index (χ0n) is 16.2. The number of ether oxygens (including phenoxy) is 1. The van der Waals surface area contributed by atoms with Gasteiger partial charge in [-0.05, 0) is 56.1 Å². The van der Waals surface area contributed by atoms with Crippen molar-refractivity contribution in [3.05, 3.63) is 29.8 Å². The van der Waals surface area contributed by atoms with Gasteiger partial charge in [-0.25, -0.2) is 0 Å². The van der Waals surface area contributed by atoms with Crippen molar-refractivity contribution in [2.75, 3.05) is 20.4 Å². The van der Waals surface area contributed by atoms with Gasteiger partial charge in [0.2, 0.25) is 0 Å². The Labute approximate surface area is 161 Å². The van der Waals surface area contributed by atoms with Crippen molar-refractivity contribution < 1.29 is 24.5 Å². The monoisotopic (exact) mass is 377 g/mol. The molecule has 0 saturated carbocycles. The summed E-state index contributed by atoms with van der Waals surface area (Å²) in [7, 11) is 1.95. The van der Waals surface area contributed by atoms with Crippen molar-refractivity contribution in [2.45, 2.75) is 45.4 Å². The molecule has 6 nitrogen and oxygen atoms in total. The summed E-state index contributed by atoms with van der Waals surface area (Å²) in [6.45, 7) is 2.66. The summed E-state index contributed by atoms with van der Waals surface area (Å²) in [6.07, 6.45) is 7.33. The Hall–Kier alpha value is -2.18. The lowest BCUT2D eigenvalue weighted by Crippen LogP contribution is -2.15. The van der Waals surface area contributed by atoms with E-state index in [4.69, 9.17) is 9.84 Å². The van der Waals surface area contributed by atoms with E-state index in [0.717, 1.165) is 32.2 Å². The Morgan fingerprint density at radius 2 is 2.04 bits per heavy atom. The fourth-order valence-corrected chi connectivity index (χ4v) is 2.79. The quantitative estimate of drug-likeness (QED) is 0.200. The molecule has 0 aliphatic rings. The molecule has 0 heterocycles. The number of aromatic hydroxyl groups is 1. The van der Waals surface area contributed by atoms with Gasteiger partial charge in [-0.1, -0.05) is 31.9 Å². The van der Waals surface area contributed by atoms with Crippen molar-refractivity contribution in [3.8, 4) is 11.5 Å². The highest BCUT2D eigenvalue weighted by Crippen LogP contribution is 2.27. The predicted molar refractivity (Wildman–Crippen MR) is 106 cm³/mol. The zero-order valence-corrected chi connectivity index (χ0v) is 16.2. The van der Waals surface area contributed by atoms with Crippen LogP contribution in [0.4, 0.5) is 0 Å². The molecule has 0 aliphatic carbocycles. The average Bonchev–Trinajstić information content (AvgIpc) is 2.62. The number of hydrogen-bond acceptors (Lipinski definition) is 6. The van der Waals surface area contributed by atoms with E-state index in [0.29, 0.717) is 17.9 Å². The standard InChI is InChI=1S/C21H31NO5/c1-16(14-22-2)6-4-3-5-7-18(24)13-19(25)10-8-17-9-11-20(26)21(12-17)27-15-23/h8-12,16,22-23,26H,3-7,13-15H2,1-2H3/t16-/m1/s1. The van der Waals surface area contributed by atoms with Gasteiger partial charge in [0.15, 0.2) is 24.1 Å². The van der Waals surface area contributed by atoms with Crippen LogP contribution in [0.3, 0.4) is 0 Å². The first-order chi connectivity index (χ1) is 13.0. The van der Waals surface area contributed by atoms with E-state index in [1.54, 1.807) is 12.1 Å². The summed E-state index contributed by atoms with van der Waals surface area (Å²) in [6, 6.07) is 4.53. The number of ketones is 2. The van der Waals surface area contributed by atoms with E-state index in [1.165, 1.54) is 18.2 Å². The van der Waals surface area contributed by atoms with Crippen LogP contribution in [-0.2, 0) is 9.59 Å². The Kier molecular flexibility index (Phi) is 11.1. The Balaban J connectivity index is 2.32. The molecule has 0 aliphatic heterocycles. The summed E-state index contributed by atoms with van der Waals surface area (Å²) >= 11 is 0. The van der Waals surface area contributed by atoms with E-state index < -0.39 is 6.79 Å². The highest BCUT2D eigenvalue weighted by molar-refractivity contribution is 6.06. The number of aliphatic hydroxyl groups is 1. The van der Waals surface area contributed by atoms with Gasteiger partial charge in [-0.3, -0.25) is 9.59 Å². The number of Topliss-reactive ketones (excluding diaryl/α,β-unsaturated/α-hetero) is 1. The number of nitrogens with one attached hydrogen (secondary N) is 1. The van der Waals surface area contributed by atoms with E-state index in [2.05, 4.69) is 12.2 Å². The number of unbranched alkanes of at least 4 members (excludes halogenated alkanes) is 2. The van der Waals surface area contributed by atoms with E-state index in [9.17, 15) is 14.7 Å². The van der Waals surface area contributed by atoms with Crippen molar-refractivity contribution >= 4 is 17.6 Å². The molecule has 1 aromatic carbocycles. The van der Waals surface area contributed by atoms with Crippen LogP contribution in [0.2, 0.25) is 0 Å². The van der Waals surface area contributed by atoms with Gasteiger partial charge in [0, 0.05) is 6.42 Å². The second kappa shape index (κ2) is 13.1. The lowest BCUT2D eigenvalue weighted by molar-refractivity contribution is -0.124. The van der Waals surface area contributed by atoms with Gasteiger partial charge in [0.1, 0.15) is 5.78 Å². The highest BCUT2D eigenvalue weighted by Gasteiger charge is 2.08. The van der Waals surface area contributed by atoms with Crippen LogP contribution in [0.5, 0.6) is 11.5 Å². The predicted octanol–water partition coefficient (Wildman–Crippen LogP) is 3.07. The number of phenolic OH excluding ortho intramolecular Hbond substituents is 1. The maximum Gasteiger partial charge on any atom is 0.186 e. The van der Waals surface area contributed by atoms with E-state index in [-0.39, 0.29) is 29.5 Å². The SMILES string of the molecule is CNC[C@H](C)CCCCCC(=O)CC(=O)C=Cc1ccc(O)c(OCO)c1. The largest absolute Gasteiger partial charge is 0.504 e. The number of benzene rings is 1. The number of carbonyl (C=O) groups excluding carboxylic acids is 2. The van der Waals surface area contributed by atoms with Gasteiger partial charge < -0.3 is 20.3 Å². The van der Waals surface area contributed by atoms with Crippen molar-refractivity contribution in [2.24, 2.45) is 5.92 Å². The van der Waals surface area contributed by atoms with Crippen LogP contribution in [-0.4, -0.2) is 42.2 Å². The first kappa shape index (κ1) is 22.9. The third-order valence-corrected chi connectivity index (χ3v) is 4.24. The van der Waals surface area contributed by atoms with Crippen molar-refractivity contribution in [1.82, 2.24) is 5.32 Å². The number of allylic oxidation sites excluding steroid dienone is 1. The zero-order chi connectivity index (χ0) is 20.1. The molecule has 0 saturated heterocycles. The van der Waals surface area contributed by atoms with E-state index >= 15 is 0 Å². The van der Waals surface area contributed by atoms with Crippen LogP contribution in [0, 0.1) is 5.92 Å². The normalized spacial score (nSPS) is 12.3. The molecule has 0 aromatic heterocycles. The summed E-state index contributed by atoms with van der Waals surface area (Å²) in [5, 5.41) is 21.5. The molecule has 0 unspecified atom stereocenters. The third-order valence-electron chi connectivity index (χ3n) is 4.24. The highest BCUT2D eigenvalue weighted by atomic mass is 16.6. The summed E-state index contributed by atoms with van der Waals surface area (Å²) in [4.78, 5) is 23.8. The molecule has 6 heteroatoms. The minimum absolute atomic E-state index is 0.0390. The minimum Gasteiger partial charge on any atom is -0.504 e. The van der Waals surface area contributed by atoms with Gasteiger partial charge in [-0.15, -0.1) is 0 Å². The molecule has 1 rings (SSSR count). The van der Waals surface area contributed by atoms with Gasteiger partial charge in [0.25, 0.3) is 0 Å². The third kappa shape index (κ3) is 9.92. The molecule has 0 bridgehead atoms. The molecule has 1 atom stereocenters. The number of phenols is 1. The lowest BCUT2D eigenvalue weighted by atomic mass is 10.0. The van der Waals surface area contributed by atoms with Crippen LogP contribution in [0.15, 0.2) is 24.3 Å². The minimum atomic E-state index is -0.553. The molecule has 0 spiro atoms. The molecular weight excluding hydrogens is 346 g/mol. The fraction of sp³-hybridized carbons (Fsp3) is 0.524. The van der Waals surface area contributed by atoms with Crippen molar-refractivity contribution in [1.29, 1.82) is 0 Å². The molecule has 0 amide bonds. The topological polar surface area (TPSA) is 95.9 Å². The molecule has 0 radical (unpaired) electrons. The van der Waals surface area contributed by atoms with Crippen molar-refractivity contribution in [3.63, 3.8) is 0 Å². The summed E-state index contributed by atoms with van der Waals surface area (Å²) in [5.41, 5.74) is 0.632. The van der Waals surface area contributed by atoms with Crippen LogP contribution in [0.25, 0.3) is 6.08 Å². The Morgan fingerprint density at radius 3 is 2.74 bits per heavy atom.